The SMILES string of the molecule is CCCCCCS(=O)(=O)N=[N+]=[N-]. The molecule has 0 N–H and O–H groups in total. The van der Waals surface area contributed by atoms with Crippen LogP contribution in [0.5, 0.6) is 0 Å². The molecule has 6 heteroatoms. The van der Waals surface area contributed by atoms with Gasteiger partial charge in [-0.2, -0.15) is 0 Å². The first-order chi connectivity index (χ1) is 5.62. The first-order valence-electron chi connectivity index (χ1n) is 3.91. The maximum absolute atomic E-state index is 10.8. The van der Waals surface area contributed by atoms with E-state index in [2.05, 4.69) is 9.43 Å². The Morgan fingerprint density at radius 3 is 2.50 bits per heavy atom. The van der Waals surface area contributed by atoms with Crippen molar-refractivity contribution in [3.8, 4) is 0 Å². The summed E-state index contributed by atoms with van der Waals surface area (Å²) in [5.41, 5.74) is 7.88. The van der Waals surface area contributed by atoms with Gasteiger partial charge in [-0.15, -0.1) is 0 Å². The van der Waals surface area contributed by atoms with Crippen LogP contribution in [0.3, 0.4) is 0 Å². The van der Waals surface area contributed by atoms with E-state index in [-0.39, 0.29) is 5.75 Å². The molecule has 0 aromatic heterocycles. The van der Waals surface area contributed by atoms with E-state index in [1.807, 2.05) is 6.92 Å². The third kappa shape index (κ3) is 6.00. The first kappa shape index (κ1) is 11.3. The normalized spacial score (nSPS) is 10.8. The molecule has 0 spiro atoms. The molecule has 0 saturated heterocycles. The second-order valence-electron chi connectivity index (χ2n) is 2.52. The lowest BCUT2D eigenvalue weighted by molar-refractivity contribution is 0.590. The predicted octanol–water partition coefficient (Wildman–Crippen LogP) is 2.21. The summed E-state index contributed by atoms with van der Waals surface area (Å²) in [7, 11) is -3.50. The fraction of sp³-hybridized carbons (Fsp3) is 1.00. The quantitative estimate of drug-likeness (QED) is 0.279. The maximum Gasteiger partial charge on any atom is 0.235 e. The number of hydrogen-bond donors (Lipinski definition) is 0. The highest BCUT2D eigenvalue weighted by atomic mass is 32.2. The van der Waals surface area contributed by atoms with Crippen LogP contribution in [0.25, 0.3) is 10.4 Å². The van der Waals surface area contributed by atoms with Gasteiger partial charge in [0.15, 0.2) is 0 Å². The van der Waals surface area contributed by atoms with Crippen molar-refractivity contribution in [1.82, 2.24) is 0 Å². The third-order valence-electron chi connectivity index (χ3n) is 1.42. The standard InChI is InChI=1S/C6H13N3O2S/c1-2-3-4-5-6-12(10,11)9-8-7/h2-6H2,1H3. The van der Waals surface area contributed by atoms with Crippen molar-refractivity contribution in [1.29, 1.82) is 0 Å². The van der Waals surface area contributed by atoms with Crippen LogP contribution in [0.1, 0.15) is 32.6 Å². The summed E-state index contributed by atoms with van der Waals surface area (Å²) in [5, 5.41) is 0. The Kier molecular flexibility index (Phi) is 5.49. The van der Waals surface area contributed by atoms with Gasteiger partial charge in [0.05, 0.1) is 5.75 Å². The first-order valence-corrected chi connectivity index (χ1v) is 5.52. The molecular formula is C6H13N3O2S. The van der Waals surface area contributed by atoms with Crippen LogP contribution in [0, 0.1) is 0 Å². The molecule has 0 amide bonds. The van der Waals surface area contributed by atoms with E-state index in [1.165, 1.54) is 0 Å². The molecule has 0 unspecified atom stereocenters. The van der Waals surface area contributed by atoms with Crippen LogP contribution in [0.15, 0.2) is 4.52 Å². The summed E-state index contributed by atoms with van der Waals surface area (Å²) >= 11 is 0. The molecule has 5 nitrogen and oxygen atoms in total. The smallest absolute Gasteiger partial charge is 0.221 e. The van der Waals surface area contributed by atoms with Crippen molar-refractivity contribution in [3.63, 3.8) is 0 Å². The van der Waals surface area contributed by atoms with Gasteiger partial charge in [0.1, 0.15) is 0 Å². The second-order valence-corrected chi connectivity index (χ2v) is 4.25. The Hall–Kier alpha value is -0.740. The molecule has 0 aliphatic rings. The molecule has 0 heterocycles. The summed E-state index contributed by atoms with van der Waals surface area (Å²) in [5.74, 6) is -0.0307. The zero-order valence-corrected chi connectivity index (χ0v) is 7.92. The summed E-state index contributed by atoms with van der Waals surface area (Å²) in [6.07, 6.45) is 3.53. The molecular weight excluding hydrogens is 178 g/mol. The van der Waals surface area contributed by atoms with Gasteiger partial charge in [-0.3, -0.25) is 0 Å². The van der Waals surface area contributed by atoms with Crippen LogP contribution < -0.4 is 0 Å². The molecule has 0 fully saturated rings. The molecule has 0 aliphatic carbocycles. The molecule has 0 aliphatic heterocycles. The van der Waals surface area contributed by atoms with Gasteiger partial charge < -0.3 is 0 Å². The van der Waals surface area contributed by atoms with Crippen LogP contribution >= 0.6 is 0 Å². The number of azide groups is 1. The molecule has 0 radical (unpaired) electrons. The molecule has 0 atom stereocenters. The van der Waals surface area contributed by atoms with Gasteiger partial charge >= 0.3 is 0 Å². The third-order valence-corrected chi connectivity index (χ3v) is 2.54. The highest BCUT2D eigenvalue weighted by molar-refractivity contribution is 7.89. The minimum Gasteiger partial charge on any atom is -0.221 e. The molecule has 12 heavy (non-hydrogen) atoms. The number of nitrogens with zero attached hydrogens (tertiary/aromatic N) is 3. The molecule has 0 aromatic rings. The molecule has 0 rings (SSSR count). The monoisotopic (exact) mass is 191 g/mol. The zero-order valence-electron chi connectivity index (χ0n) is 7.10. The van der Waals surface area contributed by atoms with E-state index in [9.17, 15) is 8.42 Å². The van der Waals surface area contributed by atoms with Crippen molar-refractivity contribution < 1.29 is 8.42 Å². The Morgan fingerprint density at radius 2 is 2.00 bits per heavy atom. The summed E-state index contributed by atoms with van der Waals surface area (Å²) < 4.78 is 24.3. The number of sulfonamides is 1. The highest BCUT2D eigenvalue weighted by Gasteiger charge is 2.05. The van der Waals surface area contributed by atoms with E-state index in [4.69, 9.17) is 5.53 Å². The Labute approximate surface area is 72.5 Å². The second kappa shape index (κ2) is 5.85. The Morgan fingerprint density at radius 1 is 1.33 bits per heavy atom. The minimum atomic E-state index is -3.50. The minimum absolute atomic E-state index is 0.0307. The van der Waals surface area contributed by atoms with Gasteiger partial charge in [0, 0.05) is 9.43 Å². The average Bonchev–Trinajstić information content (AvgIpc) is 1.98. The lowest BCUT2D eigenvalue weighted by atomic mass is 10.2. The fourth-order valence-corrected chi connectivity index (χ4v) is 1.57. The van der Waals surface area contributed by atoms with Crippen LogP contribution in [0.4, 0.5) is 0 Å². The van der Waals surface area contributed by atoms with Crippen molar-refractivity contribution in [3.05, 3.63) is 10.4 Å². The highest BCUT2D eigenvalue weighted by Crippen LogP contribution is 2.03. The average molecular weight is 191 g/mol. The van der Waals surface area contributed by atoms with Gasteiger partial charge in [0.2, 0.25) is 10.0 Å². The lowest BCUT2D eigenvalue weighted by Gasteiger charge is -1.95. The van der Waals surface area contributed by atoms with Crippen LogP contribution in [-0.2, 0) is 10.0 Å². The zero-order chi connectivity index (χ0) is 9.45. The van der Waals surface area contributed by atoms with Crippen molar-refractivity contribution in [2.24, 2.45) is 4.52 Å². The topological polar surface area (TPSA) is 82.9 Å². The van der Waals surface area contributed by atoms with E-state index >= 15 is 0 Å². The molecule has 70 valence electrons. The fourth-order valence-electron chi connectivity index (χ4n) is 0.808. The molecule has 0 aromatic carbocycles. The van der Waals surface area contributed by atoms with Gasteiger partial charge in [0.25, 0.3) is 0 Å². The lowest BCUT2D eigenvalue weighted by Crippen LogP contribution is -2.00. The Balaban J connectivity index is 3.70. The maximum atomic E-state index is 10.8. The van der Waals surface area contributed by atoms with Gasteiger partial charge in [-0.05, 0) is 12.0 Å². The van der Waals surface area contributed by atoms with Crippen LogP contribution in [-0.4, -0.2) is 14.2 Å². The summed E-state index contributed by atoms with van der Waals surface area (Å²) in [6, 6.07) is 0. The van der Waals surface area contributed by atoms with E-state index in [0.29, 0.717) is 6.42 Å². The largest absolute Gasteiger partial charge is 0.235 e. The van der Waals surface area contributed by atoms with Crippen molar-refractivity contribution >= 4 is 10.0 Å². The van der Waals surface area contributed by atoms with E-state index in [1.54, 1.807) is 0 Å². The summed E-state index contributed by atoms with van der Waals surface area (Å²) in [6.45, 7) is 2.04. The van der Waals surface area contributed by atoms with Crippen molar-refractivity contribution in [2.75, 3.05) is 5.75 Å². The van der Waals surface area contributed by atoms with Gasteiger partial charge in [-0.25, -0.2) is 8.42 Å². The number of rotatable bonds is 6. The number of hydrogen-bond acceptors (Lipinski definition) is 2. The Bertz CT molecular complexity index is 254. The van der Waals surface area contributed by atoms with Crippen molar-refractivity contribution in [2.45, 2.75) is 32.6 Å². The molecule has 0 bridgehead atoms. The van der Waals surface area contributed by atoms with E-state index < -0.39 is 10.0 Å². The summed E-state index contributed by atoms with van der Waals surface area (Å²) in [4.78, 5) is 2.24. The van der Waals surface area contributed by atoms with Crippen LogP contribution in [0.2, 0.25) is 0 Å². The predicted molar refractivity (Wildman–Crippen MR) is 47.1 cm³/mol. The van der Waals surface area contributed by atoms with Gasteiger partial charge in [-0.1, -0.05) is 26.2 Å². The number of unbranched alkanes of at least 4 members (excludes halogenated alkanes) is 3. The molecule has 0 saturated carbocycles. The van der Waals surface area contributed by atoms with E-state index in [0.717, 1.165) is 19.3 Å².